The van der Waals surface area contributed by atoms with Crippen LogP contribution in [0, 0.1) is 17.0 Å². The Hall–Kier alpha value is -2.63. The quantitative estimate of drug-likeness (QED) is 0.679. The summed E-state index contributed by atoms with van der Waals surface area (Å²) in [5, 5.41) is 13.5. The van der Waals surface area contributed by atoms with Crippen LogP contribution in [0.2, 0.25) is 0 Å². The molecule has 1 aromatic carbocycles. The highest BCUT2D eigenvalue weighted by Crippen LogP contribution is 2.22. The number of nitro groups is 1. The highest BCUT2D eigenvalue weighted by molar-refractivity contribution is 6.03. The molecule has 0 aliphatic carbocycles. The molecular formula is C13H13N3O3. The average Bonchev–Trinajstić information content (AvgIpc) is 2.77. The summed E-state index contributed by atoms with van der Waals surface area (Å²) in [4.78, 5) is 22.3. The summed E-state index contributed by atoms with van der Waals surface area (Å²) in [5.74, 6) is -0.300. The lowest BCUT2D eigenvalue weighted by atomic mass is 10.2. The molecule has 0 aliphatic heterocycles. The van der Waals surface area contributed by atoms with E-state index in [4.69, 9.17) is 0 Å². The Morgan fingerprint density at radius 1 is 1.37 bits per heavy atom. The standard InChI is InChI=1S/C13H13N3O3/c1-9-5-6-10(8-12(9)16(18)19)14-13(17)11-4-3-7-15(11)2/h3-8H,1-2H3,(H,14,17). The molecule has 0 fully saturated rings. The van der Waals surface area contributed by atoms with Gasteiger partial charge in [-0.2, -0.15) is 0 Å². The van der Waals surface area contributed by atoms with Crippen LogP contribution >= 0.6 is 0 Å². The Morgan fingerprint density at radius 3 is 2.68 bits per heavy atom. The zero-order chi connectivity index (χ0) is 14.0. The Balaban J connectivity index is 2.25. The number of hydrogen-bond acceptors (Lipinski definition) is 3. The maximum absolute atomic E-state index is 12.0. The van der Waals surface area contributed by atoms with Crippen LogP contribution in [0.5, 0.6) is 0 Å². The van der Waals surface area contributed by atoms with Gasteiger partial charge in [0.15, 0.2) is 0 Å². The first kappa shape index (κ1) is 12.8. The topological polar surface area (TPSA) is 77.2 Å². The van der Waals surface area contributed by atoms with Crippen molar-refractivity contribution < 1.29 is 9.72 Å². The first-order chi connectivity index (χ1) is 8.99. The minimum atomic E-state index is -0.465. The van der Waals surface area contributed by atoms with Crippen LogP contribution in [0.1, 0.15) is 16.1 Å². The number of aromatic nitrogens is 1. The molecule has 6 nitrogen and oxygen atoms in total. The normalized spacial score (nSPS) is 10.2. The van der Waals surface area contributed by atoms with E-state index in [0.717, 1.165) is 0 Å². The second-order valence-corrected chi connectivity index (χ2v) is 4.22. The van der Waals surface area contributed by atoms with Gasteiger partial charge in [-0.05, 0) is 25.1 Å². The van der Waals surface area contributed by atoms with Gasteiger partial charge in [-0.15, -0.1) is 0 Å². The van der Waals surface area contributed by atoms with Gasteiger partial charge in [-0.1, -0.05) is 6.07 Å². The molecule has 0 saturated carbocycles. The molecule has 6 heteroatoms. The van der Waals surface area contributed by atoms with Crippen LogP contribution in [0.4, 0.5) is 11.4 Å². The minimum Gasteiger partial charge on any atom is -0.347 e. The fourth-order valence-electron chi connectivity index (χ4n) is 1.78. The van der Waals surface area contributed by atoms with Gasteiger partial charge in [0.25, 0.3) is 11.6 Å². The van der Waals surface area contributed by atoms with Crippen molar-refractivity contribution in [3.05, 3.63) is 57.9 Å². The number of hydrogen-bond donors (Lipinski definition) is 1. The number of nitrogens with zero attached hydrogens (tertiary/aromatic N) is 2. The van der Waals surface area contributed by atoms with E-state index in [-0.39, 0.29) is 11.6 Å². The number of carbonyl (C=O) groups excluding carboxylic acids is 1. The van der Waals surface area contributed by atoms with Crippen LogP contribution < -0.4 is 5.32 Å². The Bertz CT molecular complexity index is 646. The molecule has 0 atom stereocenters. The predicted molar refractivity (Wildman–Crippen MR) is 71.2 cm³/mol. The first-order valence-corrected chi connectivity index (χ1v) is 5.67. The van der Waals surface area contributed by atoms with Gasteiger partial charge in [-0.3, -0.25) is 14.9 Å². The van der Waals surface area contributed by atoms with Gasteiger partial charge in [0.2, 0.25) is 0 Å². The molecule has 0 saturated heterocycles. The number of nitrogens with one attached hydrogen (secondary N) is 1. The van der Waals surface area contributed by atoms with Crippen LogP contribution in [-0.2, 0) is 7.05 Å². The lowest BCUT2D eigenvalue weighted by molar-refractivity contribution is -0.385. The summed E-state index contributed by atoms with van der Waals surface area (Å²) >= 11 is 0. The van der Waals surface area contributed by atoms with Gasteiger partial charge in [0, 0.05) is 30.6 Å². The molecule has 0 aliphatic rings. The summed E-state index contributed by atoms with van der Waals surface area (Å²) in [6.45, 7) is 1.65. The van der Waals surface area contributed by atoms with Crippen molar-refractivity contribution in [2.45, 2.75) is 6.92 Å². The summed E-state index contributed by atoms with van der Waals surface area (Å²) < 4.78 is 1.68. The number of carbonyl (C=O) groups is 1. The fourth-order valence-corrected chi connectivity index (χ4v) is 1.78. The van der Waals surface area contributed by atoms with Crippen molar-refractivity contribution in [3.8, 4) is 0 Å². The average molecular weight is 259 g/mol. The molecule has 1 amide bonds. The van der Waals surface area contributed by atoms with Crippen molar-refractivity contribution in [1.82, 2.24) is 4.57 Å². The SMILES string of the molecule is Cc1ccc(NC(=O)c2cccn2C)cc1[N+](=O)[O-]. The fraction of sp³-hybridized carbons (Fsp3) is 0.154. The summed E-state index contributed by atoms with van der Waals surface area (Å²) in [7, 11) is 1.76. The second kappa shape index (κ2) is 4.93. The lowest BCUT2D eigenvalue weighted by Crippen LogP contribution is -2.15. The number of amides is 1. The van der Waals surface area contributed by atoms with Crippen LogP contribution in [0.25, 0.3) is 0 Å². The van der Waals surface area contributed by atoms with Crippen molar-refractivity contribution in [2.75, 3.05) is 5.32 Å². The summed E-state index contributed by atoms with van der Waals surface area (Å²) in [6.07, 6.45) is 1.76. The van der Waals surface area contributed by atoms with Crippen LogP contribution in [-0.4, -0.2) is 15.4 Å². The largest absolute Gasteiger partial charge is 0.347 e. The van der Waals surface area contributed by atoms with E-state index >= 15 is 0 Å². The number of benzene rings is 1. The molecule has 19 heavy (non-hydrogen) atoms. The van der Waals surface area contributed by atoms with E-state index in [1.54, 1.807) is 49.0 Å². The van der Waals surface area contributed by atoms with E-state index in [1.807, 2.05) is 0 Å². The van der Waals surface area contributed by atoms with E-state index < -0.39 is 4.92 Å². The molecule has 2 rings (SSSR count). The third-order valence-electron chi connectivity index (χ3n) is 2.84. The zero-order valence-electron chi connectivity index (χ0n) is 10.6. The number of nitro benzene ring substituents is 1. The molecule has 0 radical (unpaired) electrons. The Kier molecular flexibility index (Phi) is 3.33. The van der Waals surface area contributed by atoms with Crippen molar-refractivity contribution in [2.24, 2.45) is 7.05 Å². The van der Waals surface area contributed by atoms with Gasteiger partial charge >= 0.3 is 0 Å². The molecule has 1 aromatic heterocycles. The molecular weight excluding hydrogens is 246 g/mol. The maximum Gasteiger partial charge on any atom is 0.274 e. The van der Waals surface area contributed by atoms with Gasteiger partial charge in [-0.25, -0.2) is 0 Å². The number of aryl methyl sites for hydroxylation is 2. The second-order valence-electron chi connectivity index (χ2n) is 4.22. The highest BCUT2D eigenvalue weighted by atomic mass is 16.6. The minimum absolute atomic E-state index is 0.00955. The molecule has 1 heterocycles. The maximum atomic E-state index is 12.0. The summed E-state index contributed by atoms with van der Waals surface area (Å²) in [6, 6.07) is 8.04. The molecule has 1 N–H and O–H groups in total. The van der Waals surface area contributed by atoms with Crippen molar-refractivity contribution in [3.63, 3.8) is 0 Å². The van der Waals surface area contributed by atoms with Gasteiger partial charge in [0.05, 0.1) is 4.92 Å². The third-order valence-corrected chi connectivity index (χ3v) is 2.84. The van der Waals surface area contributed by atoms with E-state index in [2.05, 4.69) is 5.32 Å². The molecule has 0 bridgehead atoms. The van der Waals surface area contributed by atoms with Crippen LogP contribution in [0.15, 0.2) is 36.5 Å². The molecule has 0 unspecified atom stereocenters. The van der Waals surface area contributed by atoms with E-state index in [0.29, 0.717) is 16.9 Å². The van der Waals surface area contributed by atoms with Crippen LogP contribution in [0.3, 0.4) is 0 Å². The smallest absolute Gasteiger partial charge is 0.274 e. The Morgan fingerprint density at radius 2 is 2.11 bits per heavy atom. The van der Waals surface area contributed by atoms with Crippen molar-refractivity contribution >= 4 is 17.3 Å². The lowest BCUT2D eigenvalue weighted by Gasteiger charge is -2.06. The Labute approximate surface area is 109 Å². The van der Waals surface area contributed by atoms with Crippen molar-refractivity contribution in [1.29, 1.82) is 0 Å². The molecule has 0 spiro atoms. The van der Waals surface area contributed by atoms with Gasteiger partial charge in [0.1, 0.15) is 5.69 Å². The first-order valence-electron chi connectivity index (χ1n) is 5.67. The van der Waals surface area contributed by atoms with Gasteiger partial charge < -0.3 is 9.88 Å². The third kappa shape index (κ3) is 2.62. The van der Waals surface area contributed by atoms with E-state index in [9.17, 15) is 14.9 Å². The predicted octanol–water partition coefficient (Wildman–Crippen LogP) is 2.49. The zero-order valence-corrected chi connectivity index (χ0v) is 10.6. The molecule has 2 aromatic rings. The highest BCUT2D eigenvalue weighted by Gasteiger charge is 2.14. The molecule has 98 valence electrons. The summed E-state index contributed by atoms with van der Waals surface area (Å²) in [5.41, 5.74) is 1.44. The number of anilines is 1. The monoisotopic (exact) mass is 259 g/mol. The van der Waals surface area contributed by atoms with E-state index in [1.165, 1.54) is 6.07 Å². The number of rotatable bonds is 3.